The van der Waals surface area contributed by atoms with Gasteiger partial charge in [0.2, 0.25) is 5.91 Å². The summed E-state index contributed by atoms with van der Waals surface area (Å²) < 4.78 is 7.63. The van der Waals surface area contributed by atoms with Gasteiger partial charge >= 0.3 is 0 Å². The lowest BCUT2D eigenvalue weighted by Crippen LogP contribution is -2.44. The van der Waals surface area contributed by atoms with Crippen molar-refractivity contribution >= 4 is 11.7 Å². The SMILES string of the molecule is Cc1ccc(C)n1-c1cccnc1N1CCC(C(=O)NCCN2CCOCC2)CC1. The Morgan fingerprint density at radius 3 is 2.50 bits per heavy atom. The number of nitrogens with zero attached hydrogens (tertiary/aromatic N) is 4. The number of hydrogen-bond acceptors (Lipinski definition) is 5. The number of nitrogens with one attached hydrogen (secondary N) is 1. The molecule has 2 saturated heterocycles. The minimum absolute atomic E-state index is 0.0909. The molecule has 2 aromatic rings. The van der Waals surface area contributed by atoms with E-state index in [0.717, 1.165) is 76.8 Å². The first-order valence-corrected chi connectivity index (χ1v) is 11.1. The van der Waals surface area contributed by atoms with Crippen molar-refractivity contribution in [3.8, 4) is 5.69 Å². The van der Waals surface area contributed by atoms with Gasteiger partial charge in [-0.05, 0) is 51.0 Å². The summed E-state index contributed by atoms with van der Waals surface area (Å²) in [5, 5.41) is 3.14. The Morgan fingerprint density at radius 2 is 1.80 bits per heavy atom. The zero-order chi connectivity index (χ0) is 20.9. The number of amides is 1. The van der Waals surface area contributed by atoms with Gasteiger partial charge in [0.15, 0.2) is 5.82 Å². The number of ether oxygens (including phenoxy) is 1. The fraction of sp³-hybridized carbons (Fsp3) is 0.565. The zero-order valence-electron chi connectivity index (χ0n) is 18.1. The summed E-state index contributed by atoms with van der Waals surface area (Å²) in [7, 11) is 0. The maximum absolute atomic E-state index is 12.6. The third-order valence-electron chi connectivity index (χ3n) is 6.27. The number of carbonyl (C=O) groups is 1. The normalized spacial score (nSPS) is 18.5. The van der Waals surface area contributed by atoms with Crippen molar-refractivity contribution in [1.29, 1.82) is 0 Å². The zero-order valence-corrected chi connectivity index (χ0v) is 18.1. The van der Waals surface area contributed by atoms with Gasteiger partial charge in [-0.25, -0.2) is 4.98 Å². The molecule has 4 heterocycles. The fourth-order valence-electron chi connectivity index (χ4n) is 4.51. The van der Waals surface area contributed by atoms with Gasteiger partial charge in [-0.15, -0.1) is 0 Å². The minimum Gasteiger partial charge on any atom is -0.379 e. The molecule has 0 aromatic carbocycles. The lowest BCUT2D eigenvalue weighted by molar-refractivity contribution is -0.125. The van der Waals surface area contributed by atoms with Crippen molar-refractivity contribution in [1.82, 2.24) is 19.8 Å². The molecule has 0 radical (unpaired) electrons. The van der Waals surface area contributed by atoms with Gasteiger partial charge in [0.25, 0.3) is 0 Å². The monoisotopic (exact) mass is 411 g/mol. The molecular weight excluding hydrogens is 378 g/mol. The van der Waals surface area contributed by atoms with Crippen LogP contribution in [-0.4, -0.2) is 72.8 Å². The lowest BCUT2D eigenvalue weighted by atomic mass is 9.96. The molecule has 0 bridgehead atoms. The molecule has 162 valence electrons. The van der Waals surface area contributed by atoms with E-state index in [0.29, 0.717) is 0 Å². The fourth-order valence-corrected chi connectivity index (χ4v) is 4.51. The number of hydrogen-bond donors (Lipinski definition) is 1. The van der Waals surface area contributed by atoms with Crippen molar-refractivity contribution in [2.75, 3.05) is 57.4 Å². The number of piperidine rings is 1. The number of aromatic nitrogens is 2. The maximum atomic E-state index is 12.6. The van der Waals surface area contributed by atoms with Crippen molar-refractivity contribution < 1.29 is 9.53 Å². The molecule has 2 fully saturated rings. The Labute approximate surface area is 179 Å². The molecule has 0 spiro atoms. The summed E-state index contributed by atoms with van der Waals surface area (Å²) in [6, 6.07) is 8.40. The van der Waals surface area contributed by atoms with Gasteiger partial charge in [-0.2, -0.15) is 0 Å². The number of anilines is 1. The molecule has 2 aliphatic heterocycles. The molecule has 1 amide bonds. The first-order chi connectivity index (χ1) is 14.6. The number of rotatable bonds is 6. The molecule has 2 aromatic heterocycles. The molecule has 30 heavy (non-hydrogen) atoms. The largest absolute Gasteiger partial charge is 0.379 e. The van der Waals surface area contributed by atoms with Gasteiger partial charge in [-0.1, -0.05) is 0 Å². The third kappa shape index (κ3) is 4.68. The van der Waals surface area contributed by atoms with E-state index >= 15 is 0 Å². The number of morpholine rings is 1. The van der Waals surface area contributed by atoms with Crippen molar-refractivity contribution in [2.24, 2.45) is 5.92 Å². The van der Waals surface area contributed by atoms with E-state index in [-0.39, 0.29) is 11.8 Å². The van der Waals surface area contributed by atoms with Crippen LogP contribution in [0, 0.1) is 19.8 Å². The Balaban J connectivity index is 1.32. The average molecular weight is 412 g/mol. The van der Waals surface area contributed by atoms with Crippen LogP contribution >= 0.6 is 0 Å². The van der Waals surface area contributed by atoms with Crippen LogP contribution in [0.15, 0.2) is 30.5 Å². The highest BCUT2D eigenvalue weighted by molar-refractivity contribution is 5.79. The van der Waals surface area contributed by atoms with Gasteiger partial charge in [0.1, 0.15) is 0 Å². The Hall–Kier alpha value is -2.38. The van der Waals surface area contributed by atoms with Crippen molar-refractivity contribution in [3.63, 3.8) is 0 Å². The van der Waals surface area contributed by atoms with E-state index in [2.05, 4.69) is 51.7 Å². The quantitative estimate of drug-likeness (QED) is 0.789. The molecule has 0 atom stereocenters. The molecule has 0 saturated carbocycles. The molecule has 7 nitrogen and oxygen atoms in total. The van der Waals surface area contributed by atoms with E-state index in [1.54, 1.807) is 0 Å². The van der Waals surface area contributed by atoms with Crippen LogP contribution in [0.3, 0.4) is 0 Å². The average Bonchev–Trinajstić information content (AvgIpc) is 3.12. The smallest absolute Gasteiger partial charge is 0.223 e. The van der Waals surface area contributed by atoms with Crippen molar-refractivity contribution in [2.45, 2.75) is 26.7 Å². The molecule has 1 N–H and O–H groups in total. The summed E-state index contributed by atoms with van der Waals surface area (Å²) in [5.41, 5.74) is 3.53. The number of carbonyl (C=O) groups excluding carboxylic acids is 1. The first-order valence-electron chi connectivity index (χ1n) is 11.1. The van der Waals surface area contributed by atoms with Gasteiger partial charge in [-0.3, -0.25) is 9.69 Å². The molecule has 7 heteroatoms. The van der Waals surface area contributed by atoms with Crippen LogP contribution in [0.2, 0.25) is 0 Å². The molecule has 4 rings (SSSR count). The maximum Gasteiger partial charge on any atom is 0.223 e. The van der Waals surface area contributed by atoms with Gasteiger partial charge in [0, 0.05) is 62.8 Å². The van der Waals surface area contributed by atoms with E-state index < -0.39 is 0 Å². The lowest BCUT2D eigenvalue weighted by Gasteiger charge is -2.33. The number of pyridine rings is 1. The van der Waals surface area contributed by atoms with E-state index in [1.165, 1.54) is 11.4 Å². The van der Waals surface area contributed by atoms with Crippen LogP contribution in [0.1, 0.15) is 24.2 Å². The third-order valence-corrected chi connectivity index (χ3v) is 6.27. The Morgan fingerprint density at radius 1 is 1.10 bits per heavy atom. The molecule has 2 aliphatic rings. The highest BCUT2D eigenvalue weighted by atomic mass is 16.5. The summed E-state index contributed by atoms with van der Waals surface area (Å²) in [5.74, 6) is 1.29. The van der Waals surface area contributed by atoms with E-state index in [9.17, 15) is 4.79 Å². The van der Waals surface area contributed by atoms with Gasteiger partial charge < -0.3 is 19.5 Å². The second-order valence-corrected chi connectivity index (χ2v) is 8.30. The topological polar surface area (TPSA) is 62.6 Å². The highest BCUT2D eigenvalue weighted by Crippen LogP contribution is 2.29. The molecular formula is C23H33N5O2. The minimum atomic E-state index is 0.0909. The summed E-state index contributed by atoms with van der Waals surface area (Å²) in [4.78, 5) is 22.0. The predicted octanol–water partition coefficient (Wildman–Crippen LogP) is 2.15. The van der Waals surface area contributed by atoms with Gasteiger partial charge in [0.05, 0.1) is 18.9 Å². The second kappa shape index (κ2) is 9.62. The van der Waals surface area contributed by atoms with Crippen LogP contribution in [0.4, 0.5) is 5.82 Å². The van der Waals surface area contributed by atoms with Crippen molar-refractivity contribution in [3.05, 3.63) is 41.9 Å². The summed E-state index contributed by atoms with van der Waals surface area (Å²) in [6.45, 7) is 11.1. The van der Waals surface area contributed by atoms with Crippen LogP contribution in [-0.2, 0) is 9.53 Å². The second-order valence-electron chi connectivity index (χ2n) is 8.30. The first kappa shape index (κ1) is 20.9. The summed E-state index contributed by atoms with van der Waals surface area (Å²) >= 11 is 0. The van der Waals surface area contributed by atoms with Crippen LogP contribution < -0.4 is 10.2 Å². The Kier molecular flexibility index (Phi) is 6.69. The summed E-state index contributed by atoms with van der Waals surface area (Å²) in [6.07, 6.45) is 3.59. The van der Waals surface area contributed by atoms with E-state index in [1.807, 2.05) is 12.3 Å². The van der Waals surface area contributed by atoms with Crippen LogP contribution in [0.25, 0.3) is 5.69 Å². The van der Waals surface area contributed by atoms with Crippen LogP contribution in [0.5, 0.6) is 0 Å². The molecule has 0 unspecified atom stereocenters. The predicted molar refractivity (Wildman–Crippen MR) is 118 cm³/mol. The number of aryl methyl sites for hydroxylation is 2. The molecule has 0 aliphatic carbocycles. The standard InChI is InChI=1S/C23H33N5O2/c1-18-5-6-19(2)28(18)21-4-3-9-24-22(21)27-11-7-20(8-12-27)23(29)25-10-13-26-14-16-30-17-15-26/h3-6,9,20H,7-8,10-17H2,1-2H3,(H,25,29). The van der Waals surface area contributed by atoms with E-state index in [4.69, 9.17) is 9.72 Å². The highest BCUT2D eigenvalue weighted by Gasteiger charge is 2.27. The Bertz CT molecular complexity index is 832.